The van der Waals surface area contributed by atoms with E-state index in [-0.39, 0.29) is 11.5 Å². The summed E-state index contributed by atoms with van der Waals surface area (Å²) in [5, 5.41) is 11.0. The third-order valence-corrected chi connectivity index (χ3v) is 2.69. The van der Waals surface area contributed by atoms with Gasteiger partial charge in [0.15, 0.2) is 0 Å². The largest absolute Gasteiger partial charge is 0.348 e. The van der Waals surface area contributed by atoms with Crippen molar-refractivity contribution in [2.75, 3.05) is 17.4 Å². The first-order valence-electron chi connectivity index (χ1n) is 5.85. The Morgan fingerprint density at radius 2 is 2.20 bits per heavy atom. The van der Waals surface area contributed by atoms with Gasteiger partial charge in [0.1, 0.15) is 5.82 Å². The maximum Gasteiger partial charge on any atom is 0.311 e. The number of aromatic nitrogens is 2. The molecule has 0 saturated heterocycles. The minimum atomic E-state index is -0.475. The van der Waals surface area contributed by atoms with Crippen LogP contribution in [0, 0.1) is 10.1 Å². The van der Waals surface area contributed by atoms with Crippen LogP contribution < -0.4 is 16.2 Å². The van der Waals surface area contributed by atoms with E-state index in [1.165, 1.54) is 12.1 Å². The van der Waals surface area contributed by atoms with Gasteiger partial charge in [-0.15, -0.1) is 0 Å². The Kier molecular flexibility index (Phi) is 4.06. The van der Waals surface area contributed by atoms with Gasteiger partial charge in [0.25, 0.3) is 0 Å². The summed E-state index contributed by atoms with van der Waals surface area (Å²) in [7, 11) is 1.71. The van der Waals surface area contributed by atoms with Crippen LogP contribution in [-0.2, 0) is 6.54 Å². The van der Waals surface area contributed by atoms with Crippen molar-refractivity contribution in [3.8, 4) is 0 Å². The molecular weight excluding hydrogens is 260 g/mol. The number of nitrogens with zero attached hydrogens (tertiary/aromatic N) is 4. The topological polar surface area (TPSA) is 110 Å². The standard InChI is InChI=1S/C12H14N6O2/c1-17(8-9-4-2-3-7-14-9)12-10(18(19)20)5-6-11(15-12)16-13/h2-7H,8,13H2,1H3,(H,15,16). The van der Waals surface area contributed by atoms with Crippen molar-refractivity contribution in [3.63, 3.8) is 0 Å². The molecule has 2 rings (SSSR count). The first-order chi connectivity index (χ1) is 9.61. The highest BCUT2D eigenvalue weighted by Gasteiger charge is 2.19. The molecule has 8 nitrogen and oxygen atoms in total. The minimum Gasteiger partial charge on any atom is -0.348 e. The number of nitrogens with two attached hydrogens (primary N) is 1. The van der Waals surface area contributed by atoms with Crippen LogP contribution in [0.25, 0.3) is 0 Å². The molecule has 3 N–H and O–H groups in total. The molecule has 0 aliphatic heterocycles. The molecule has 0 atom stereocenters. The predicted octanol–water partition coefficient (Wildman–Crippen LogP) is 1.31. The van der Waals surface area contributed by atoms with Crippen molar-refractivity contribution in [1.82, 2.24) is 9.97 Å². The van der Waals surface area contributed by atoms with Gasteiger partial charge in [0, 0.05) is 19.3 Å². The fourth-order valence-corrected chi connectivity index (χ4v) is 1.75. The fourth-order valence-electron chi connectivity index (χ4n) is 1.75. The quantitative estimate of drug-likeness (QED) is 0.480. The summed E-state index contributed by atoms with van der Waals surface area (Å²) in [5.41, 5.74) is 3.08. The summed E-state index contributed by atoms with van der Waals surface area (Å²) in [6.45, 7) is 0.405. The molecule has 20 heavy (non-hydrogen) atoms. The van der Waals surface area contributed by atoms with Crippen LogP contribution in [0.3, 0.4) is 0 Å². The Balaban J connectivity index is 2.32. The third kappa shape index (κ3) is 2.98. The Bertz CT molecular complexity index is 604. The van der Waals surface area contributed by atoms with Gasteiger partial charge in [-0.3, -0.25) is 15.1 Å². The molecule has 0 radical (unpaired) electrons. The molecule has 0 aromatic carbocycles. The normalized spacial score (nSPS) is 10.1. The van der Waals surface area contributed by atoms with E-state index in [0.29, 0.717) is 12.4 Å². The number of hydrazine groups is 1. The van der Waals surface area contributed by atoms with Crippen LogP contribution in [0.2, 0.25) is 0 Å². The zero-order chi connectivity index (χ0) is 14.5. The average Bonchev–Trinajstić information content (AvgIpc) is 2.47. The van der Waals surface area contributed by atoms with Gasteiger partial charge in [-0.1, -0.05) is 6.07 Å². The van der Waals surface area contributed by atoms with Crippen molar-refractivity contribution in [2.45, 2.75) is 6.54 Å². The fraction of sp³-hybridized carbons (Fsp3) is 0.167. The van der Waals surface area contributed by atoms with Gasteiger partial charge >= 0.3 is 5.69 Å². The predicted molar refractivity (Wildman–Crippen MR) is 75.0 cm³/mol. The maximum atomic E-state index is 11.0. The summed E-state index contributed by atoms with van der Waals surface area (Å²) >= 11 is 0. The molecule has 0 aliphatic carbocycles. The van der Waals surface area contributed by atoms with Gasteiger partial charge in [0.2, 0.25) is 5.82 Å². The summed E-state index contributed by atoms with van der Waals surface area (Å²) in [4.78, 5) is 20.5. The monoisotopic (exact) mass is 274 g/mol. The maximum absolute atomic E-state index is 11.0. The molecule has 104 valence electrons. The van der Waals surface area contributed by atoms with Crippen LogP contribution in [0.15, 0.2) is 36.5 Å². The molecule has 0 unspecified atom stereocenters. The highest BCUT2D eigenvalue weighted by molar-refractivity contribution is 5.61. The lowest BCUT2D eigenvalue weighted by Crippen LogP contribution is -2.21. The lowest BCUT2D eigenvalue weighted by atomic mass is 10.3. The minimum absolute atomic E-state index is 0.0811. The molecule has 0 saturated carbocycles. The lowest BCUT2D eigenvalue weighted by Gasteiger charge is -2.18. The van der Waals surface area contributed by atoms with Gasteiger partial charge < -0.3 is 10.3 Å². The van der Waals surface area contributed by atoms with Crippen molar-refractivity contribution in [2.24, 2.45) is 5.84 Å². The molecule has 0 fully saturated rings. The number of hydrogen-bond donors (Lipinski definition) is 2. The van der Waals surface area contributed by atoms with E-state index in [2.05, 4.69) is 15.4 Å². The smallest absolute Gasteiger partial charge is 0.311 e. The SMILES string of the molecule is CN(Cc1ccccn1)c1nc(NN)ccc1[N+](=O)[O-]. The molecule has 0 aliphatic rings. The second-order valence-corrected chi connectivity index (χ2v) is 4.12. The van der Waals surface area contributed by atoms with E-state index in [1.54, 1.807) is 18.1 Å². The van der Waals surface area contributed by atoms with Gasteiger partial charge in [0.05, 0.1) is 17.2 Å². The number of rotatable bonds is 5. The number of nitro groups is 1. The summed E-state index contributed by atoms with van der Waals surface area (Å²) in [6, 6.07) is 8.33. The number of nitrogens with one attached hydrogen (secondary N) is 1. The van der Waals surface area contributed by atoms with Crippen LogP contribution in [-0.4, -0.2) is 21.9 Å². The number of pyridine rings is 2. The Morgan fingerprint density at radius 3 is 2.80 bits per heavy atom. The summed E-state index contributed by atoms with van der Waals surface area (Å²) in [6.07, 6.45) is 1.67. The summed E-state index contributed by atoms with van der Waals surface area (Å²) < 4.78 is 0. The van der Waals surface area contributed by atoms with Crippen molar-refractivity contribution < 1.29 is 4.92 Å². The van der Waals surface area contributed by atoms with Gasteiger partial charge in [-0.05, 0) is 18.2 Å². The van der Waals surface area contributed by atoms with E-state index >= 15 is 0 Å². The molecule has 0 bridgehead atoms. The first-order valence-corrected chi connectivity index (χ1v) is 5.85. The van der Waals surface area contributed by atoms with E-state index < -0.39 is 4.92 Å². The van der Waals surface area contributed by atoms with Crippen LogP contribution in [0.5, 0.6) is 0 Å². The Morgan fingerprint density at radius 1 is 1.40 bits per heavy atom. The molecule has 2 aromatic rings. The molecular formula is C12H14N6O2. The van der Waals surface area contributed by atoms with Gasteiger partial charge in [-0.2, -0.15) is 0 Å². The number of anilines is 2. The summed E-state index contributed by atoms with van der Waals surface area (Å²) in [5.74, 6) is 5.88. The first kappa shape index (κ1) is 13.7. The molecule has 0 amide bonds. The number of hydrogen-bond acceptors (Lipinski definition) is 7. The Hall–Kier alpha value is -2.74. The molecule has 0 spiro atoms. The van der Waals surface area contributed by atoms with Crippen molar-refractivity contribution >= 4 is 17.3 Å². The van der Waals surface area contributed by atoms with E-state index in [4.69, 9.17) is 5.84 Å². The van der Waals surface area contributed by atoms with Crippen molar-refractivity contribution in [3.05, 3.63) is 52.3 Å². The highest BCUT2D eigenvalue weighted by Crippen LogP contribution is 2.27. The van der Waals surface area contributed by atoms with Gasteiger partial charge in [-0.25, -0.2) is 10.8 Å². The third-order valence-electron chi connectivity index (χ3n) is 2.69. The van der Waals surface area contributed by atoms with Crippen LogP contribution >= 0.6 is 0 Å². The highest BCUT2D eigenvalue weighted by atomic mass is 16.6. The average molecular weight is 274 g/mol. The zero-order valence-corrected chi connectivity index (χ0v) is 10.9. The van der Waals surface area contributed by atoms with E-state index in [1.807, 2.05) is 18.2 Å². The van der Waals surface area contributed by atoms with E-state index in [0.717, 1.165) is 5.69 Å². The number of nitrogen functional groups attached to an aromatic ring is 1. The second-order valence-electron chi connectivity index (χ2n) is 4.12. The second kappa shape index (κ2) is 5.93. The Labute approximate surface area is 115 Å². The molecule has 8 heteroatoms. The lowest BCUT2D eigenvalue weighted by molar-refractivity contribution is -0.384. The zero-order valence-electron chi connectivity index (χ0n) is 10.9. The molecule has 2 heterocycles. The molecule has 2 aromatic heterocycles. The van der Waals surface area contributed by atoms with Crippen LogP contribution in [0.4, 0.5) is 17.3 Å². The van der Waals surface area contributed by atoms with Crippen LogP contribution in [0.1, 0.15) is 5.69 Å². The van der Waals surface area contributed by atoms with E-state index in [9.17, 15) is 10.1 Å². The van der Waals surface area contributed by atoms with Crippen molar-refractivity contribution in [1.29, 1.82) is 0 Å².